The molecule has 2 fully saturated rings. The van der Waals surface area contributed by atoms with Crippen molar-refractivity contribution in [2.45, 2.75) is 30.9 Å². The first-order valence-corrected chi connectivity index (χ1v) is 13.5. The molecule has 6 atom stereocenters. The van der Waals surface area contributed by atoms with Gasteiger partial charge in [-0.25, -0.2) is 0 Å². The first kappa shape index (κ1) is 29.2. The van der Waals surface area contributed by atoms with Gasteiger partial charge in [-0.3, -0.25) is 28.9 Å². The van der Waals surface area contributed by atoms with Crippen molar-refractivity contribution in [1.29, 1.82) is 0 Å². The van der Waals surface area contributed by atoms with Crippen LogP contribution in [0.5, 0.6) is 17.2 Å². The maximum Gasteiger partial charge on any atom is 0.235 e. The third kappa shape index (κ3) is 4.31. The van der Waals surface area contributed by atoms with Crippen molar-refractivity contribution in [1.82, 2.24) is 4.90 Å². The molecule has 6 unspecified atom stereocenters. The first-order valence-electron chi connectivity index (χ1n) is 13.5. The van der Waals surface area contributed by atoms with Gasteiger partial charge in [0.15, 0.2) is 46.2 Å². The monoisotopic (exact) mass is 576 g/mol. The molecule has 3 aliphatic rings. The Bertz CT molecular complexity index is 1560. The first-order chi connectivity index (χ1) is 19.8. The van der Waals surface area contributed by atoms with E-state index in [0.29, 0.717) is 23.3 Å². The van der Waals surface area contributed by atoms with Crippen molar-refractivity contribution in [2.24, 2.45) is 29.4 Å². The number of benzene rings is 2. The second kappa shape index (κ2) is 10.5. The molecule has 5 N–H and O–H groups in total. The number of amides is 1. The highest BCUT2D eigenvalue weighted by atomic mass is 16.5. The molecule has 0 aromatic heterocycles. The molecule has 11 nitrogen and oxygen atoms in total. The van der Waals surface area contributed by atoms with E-state index in [9.17, 15) is 39.3 Å². The molecule has 5 rings (SSSR count). The Morgan fingerprint density at radius 1 is 1.10 bits per heavy atom. The lowest BCUT2D eigenvalue weighted by atomic mass is 9.52. The Labute approximate surface area is 241 Å². The molecule has 2 aromatic carbocycles. The van der Waals surface area contributed by atoms with Gasteiger partial charge >= 0.3 is 0 Å². The van der Waals surface area contributed by atoms with Gasteiger partial charge < -0.3 is 25.8 Å². The SMILES string of the molecule is COc1cc(C/C=C\c2ccc(O)c3c2CC2CC4C(N(C)C)C(=O)C(C(N)=O)C(=O)C4(O)C(=O)C2C3=O)ccc1O. The van der Waals surface area contributed by atoms with Crippen LogP contribution in [0.25, 0.3) is 6.08 Å². The number of Topliss-reactive ketones (excluding diaryl/α,β-unsaturated/α-hetero) is 4. The molecule has 0 radical (unpaired) electrons. The highest BCUT2D eigenvalue weighted by Crippen LogP contribution is 2.51. The van der Waals surface area contributed by atoms with Gasteiger partial charge in [0.2, 0.25) is 5.91 Å². The molecule has 0 spiro atoms. The van der Waals surface area contributed by atoms with Crippen molar-refractivity contribution >= 4 is 35.1 Å². The standard InChI is InChI=1S/C31H32N2O9/c1-33(2)25-18-13-16-12-17-15(6-4-5-14-7-9-19(34)21(11-14)42-3)8-10-20(35)23(17)26(36)22(16)28(38)31(18,41)29(39)24(27(25)37)30(32)40/h4,6-11,16,18,22,24-25,34-35,41H,5,12-13H2,1-3H3,(H2,32,40)/b6-4-. The fourth-order valence-corrected chi connectivity index (χ4v) is 6.96. The van der Waals surface area contributed by atoms with Crippen molar-refractivity contribution in [3.05, 3.63) is 58.7 Å². The molecular formula is C31H32N2O9. The maximum absolute atomic E-state index is 13.9. The highest BCUT2D eigenvalue weighted by molar-refractivity contribution is 6.32. The van der Waals surface area contributed by atoms with Crippen LogP contribution in [0.4, 0.5) is 0 Å². The zero-order valence-corrected chi connectivity index (χ0v) is 23.4. The minimum absolute atomic E-state index is 0.0165. The third-order valence-corrected chi connectivity index (χ3v) is 8.88. The molecule has 0 saturated heterocycles. The summed E-state index contributed by atoms with van der Waals surface area (Å²) in [7, 11) is 4.53. The van der Waals surface area contributed by atoms with Crippen LogP contribution < -0.4 is 10.5 Å². The van der Waals surface area contributed by atoms with Crippen LogP contribution in [-0.2, 0) is 32.0 Å². The van der Waals surface area contributed by atoms with E-state index in [1.807, 2.05) is 6.08 Å². The molecule has 42 heavy (non-hydrogen) atoms. The van der Waals surface area contributed by atoms with Gasteiger partial charge in [0.25, 0.3) is 0 Å². The number of ketones is 4. The van der Waals surface area contributed by atoms with Gasteiger partial charge in [-0.05, 0) is 74.2 Å². The van der Waals surface area contributed by atoms with Crippen molar-refractivity contribution < 1.29 is 44.0 Å². The van der Waals surface area contributed by atoms with Crippen molar-refractivity contribution in [2.75, 3.05) is 21.2 Å². The average Bonchev–Trinajstić information content (AvgIpc) is 2.92. The molecule has 2 saturated carbocycles. The summed E-state index contributed by atoms with van der Waals surface area (Å²) < 4.78 is 5.15. The summed E-state index contributed by atoms with van der Waals surface area (Å²) in [4.78, 5) is 67.8. The van der Waals surface area contributed by atoms with Crippen LogP contribution in [0.3, 0.4) is 0 Å². The van der Waals surface area contributed by atoms with E-state index in [1.54, 1.807) is 38.4 Å². The summed E-state index contributed by atoms with van der Waals surface area (Å²) in [5, 5.41) is 32.2. The molecule has 2 aromatic rings. The number of likely N-dealkylation sites (N-methyl/N-ethyl adjacent to an activating group) is 1. The Hall–Kier alpha value is -4.35. The number of hydrogen-bond donors (Lipinski definition) is 4. The molecule has 3 aliphatic carbocycles. The number of hydrogen-bond acceptors (Lipinski definition) is 10. The molecule has 0 heterocycles. The predicted molar refractivity (Wildman–Crippen MR) is 149 cm³/mol. The number of carbonyl (C=O) groups excluding carboxylic acids is 5. The summed E-state index contributed by atoms with van der Waals surface area (Å²) >= 11 is 0. The Morgan fingerprint density at radius 3 is 2.43 bits per heavy atom. The lowest BCUT2D eigenvalue weighted by molar-refractivity contribution is -0.181. The number of rotatable bonds is 6. The lowest BCUT2D eigenvalue weighted by Crippen LogP contribution is -2.74. The summed E-state index contributed by atoms with van der Waals surface area (Å²) in [6, 6.07) is 6.82. The highest BCUT2D eigenvalue weighted by Gasteiger charge is 2.69. The second-order valence-electron chi connectivity index (χ2n) is 11.4. The molecule has 0 aliphatic heterocycles. The van der Waals surface area contributed by atoms with E-state index in [1.165, 1.54) is 24.1 Å². The van der Waals surface area contributed by atoms with Crippen LogP contribution >= 0.6 is 0 Å². The van der Waals surface area contributed by atoms with Crippen LogP contribution in [0.15, 0.2) is 36.4 Å². The van der Waals surface area contributed by atoms with Gasteiger partial charge in [-0.1, -0.05) is 24.3 Å². The quantitative estimate of drug-likeness (QED) is 0.359. The number of fused-ring (bicyclic) bond motifs is 3. The zero-order valence-electron chi connectivity index (χ0n) is 23.4. The Balaban J connectivity index is 1.52. The Morgan fingerprint density at radius 2 is 1.79 bits per heavy atom. The summed E-state index contributed by atoms with van der Waals surface area (Å²) in [5.41, 5.74) is 4.55. The number of primary amides is 1. The predicted octanol–water partition coefficient (Wildman–Crippen LogP) is 0.837. The van der Waals surface area contributed by atoms with E-state index < -0.39 is 64.4 Å². The summed E-state index contributed by atoms with van der Waals surface area (Å²) in [6.45, 7) is 0. The number of aliphatic hydroxyl groups is 1. The van der Waals surface area contributed by atoms with Crippen LogP contribution in [-0.4, -0.2) is 82.1 Å². The molecule has 11 heteroatoms. The van der Waals surface area contributed by atoms with Crippen LogP contribution in [0.2, 0.25) is 0 Å². The van der Waals surface area contributed by atoms with Crippen LogP contribution in [0, 0.1) is 23.7 Å². The van der Waals surface area contributed by atoms with E-state index in [2.05, 4.69) is 0 Å². The minimum atomic E-state index is -2.75. The number of nitrogens with zero attached hydrogens (tertiary/aromatic N) is 1. The molecule has 1 amide bonds. The summed E-state index contributed by atoms with van der Waals surface area (Å²) in [6.07, 6.45) is 4.27. The topological polar surface area (TPSA) is 185 Å². The van der Waals surface area contributed by atoms with Gasteiger partial charge in [0.05, 0.1) is 24.6 Å². The number of phenolic OH excluding ortho intramolecular Hbond substituents is 2. The molecular weight excluding hydrogens is 544 g/mol. The van der Waals surface area contributed by atoms with Crippen LogP contribution in [0.1, 0.15) is 33.5 Å². The number of methoxy groups -OCH3 is 1. The largest absolute Gasteiger partial charge is 0.507 e. The smallest absolute Gasteiger partial charge is 0.235 e. The number of ether oxygens (including phenoxy) is 1. The lowest BCUT2D eigenvalue weighted by Gasteiger charge is -2.52. The van der Waals surface area contributed by atoms with Gasteiger partial charge in [-0.15, -0.1) is 0 Å². The van der Waals surface area contributed by atoms with Crippen molar-refractivity contribution in [3.63, 3.8) is 0 Å². The van der Waals surface area contributed by atoms with Gasteiger partial charge in [0.1, 0.15) is 5.75 Å². The van der Waals surface area contributed by atoms with Gasteiger partial charge in [-0.2, -0.15) is 0 Å². The number of carbonyl (C=O) groups is 5. The minimum Gasteiger partial charge on any atom is -0.507 e. The zero-order chi connectivity index (χ0) is 30.7. The van der Waals surface area contributed by atoms with E-state index in [0.717, 1.165) is 5.56 Å². The fraction of sp³-hybridized carbons (Fsp3) is 0.387. The molecule has 220 valence electrons. The van der Waals surface area contributed by atoms with Gasteiger partial charge in [0, 0.05) is 5.92 Å². The summed E-state index contributed by atoms with van der Waals surface area (Å²) in [5.74, 6) is -10.4. The molecule has 0 bridgehead atoms. The van der Waals surface area contributed by atoms with Crippen molar-refractivity contribution in [3.8, 4) is 17.2 Å². The Kier molecular flexibility index (Phi) is 7.28. The fourth-order valence-electron chi connectivity index (χ4n) is 6.96. The third-order valence-electron chi connectivity index (χ3n) is 8.88. The average molecular weight is 577 g/mol. The number of aromatic hydroxyl groups is 2. The maximum atomic E-state index is 13.9. The number of phenols is 2. The normalized spacial score (nSPS) is 28.9. The number of allylic oxidation sites excluding steroid dienone is 1. The van der Waals surface area contributed by atoms with E-state index >= 15 is 0 Å². The van der Waals surface area contributed by atoms with E-state index in [4.69, 9.17) is 10.5 Å². The number of nitrogens with two attached hydrogens (primary N) is 1. The second-order valence-corrected chi connectivity index (χ2v) is 11.4. The van der Waals surface area contributed by atoms with E-state index in [-0.39, 0.29) is 29.9 Å².